The van der Waals surface area contributed by atoms with Gasteiger partial charge < -0.3 is 24.8 Å². The number of hydrogen-bond donors (Lipinski definition) is 3. The van der Waals surface area contributed by atoms with Gasteiger partial charge in [0.25, 0.3) is 5.56 Å². The second-order valence-electron chi connectivity index (χ2n) is 9.15. The van der Waals surface area contributed by atoms with Gasteiger partial charge in [-0.15, -0.1) is 0 Å². The number of ether oxygens (including phenoxy) is 1. The Balaban J connectivity index is 1.80. The number of carbonyl (C=O) groups is 2. The van der Waals surface area contributed by atoms with E-state index in [-0.39, 0.29) is 41.2 Å². The molecule has 0 aliphatic carbocycles. The molecule has 0 saturated carbocycles. The van der Waals surface area contributed by atoms with E-state index in [1.165, 1.54) is 23.6 Å². The zero-order valence-electron chi connectivity index (χ0n) is 19.7. The number of carbonyl (C=O) groups excluding carboxylic acids is 2. The van der Waals surface area contributed by atoms with Gasteiger partial charge >= 0.3 is 5.97 Å². The summed E-state index contributed by atoms with van der Waals surface area (Å²) in [6.07, 6.45) is -1.26. The number of esters is 1. The Bertz CT molecular complexity index is 1530. The summed E-state index contributed by atoms with van der Waals surface area (Å²) in [5.41, 5.74) is 0.00562. The quantitative estimate of drug-likeness (QED) is 0.356. The lowest BCUT2D eigenvalue weighted by Gasteiger charge is -2.31. The van der Waals surface area contributed by atoms with Gasteiger partial charge in [0.05, 0.1) is 40.1 Å². The molecule has 3 atom stereocenters. The minimum Gasteiger partial charge on any atom is -0.458 e. The van der Waals surface area contributed by atoms with Crippen LogP contribution >= 0.6 is 11.6 Å². The predicted molar refractivity (Wildman–Crippen MR) is 128 cm³/mol. The van der Waals surface area contributed by atoms with Crippen molar-refractivity contribution in [1.82, 2.24) is 14.9 Å². The van der Waals surface area contributed by atoms with Crippen LogP contribution < -0.4 is 10.9 Å². The molecule has 4 heterocycles. The molecule has 1 aromatic carbocycles. The molecule has 0 fully saturated rings. The first-order valence-electron chi connectivity index (χ1n) is 11.4. The number of nitrogens with zero attached hydrogens (tertiary/aromatic N) is 2. The van der Waals surface area contributed by atoms with Gasteiger partial charge in [0.2, 0.25) is 5.91 Å². The molecule has 2 aliphatic heterocycles. The number of aliphatic hydroxyl groups is 2. The second-order valence-corrected chi connectivity index (χ2v) is 9.55. The first kappa shape index (κ1) is 24.4. The maximum Gasteiger partial charge on any atom is 0.343 e. The molecule has 0 spiro atoms. The summed E-state index contributed by atoms with van der Waals surface area (Å²) in [6.45, 7) is 4.46. The lowest BCUT2D eigenvalue weighted by atomic mass is 9.86. The summed E-state index contributed by atoms with van der Waals surface area (Å²) in [7, 11) is 0. The Morgan fingerprint density at radius 3 is 2.69 bits per heavy atom. The molecule has 1 amide bonds. The fourth-order valence-electron chi connectivity index (χ4n) is 5.01. The van der Waals surface area contributed by atoms with E-state index < -0.39 is 41.0 Å². The SMILES string of the molecule is CC[C@@]1(O)C(=O)OCc2c1cc1n(c2=O)Cc2c-1nc1cc(F)c(Cl)cc1c2[C@@H](C)NC(=O)[C@@H](C)O. The van der Waals surface area contributed by atoms with Crippen LogP contribution in [-0.4, -0.2) is 37.7 Å². The van der Waals surface area contributed by atoms with Crippen molar-refractivity contribution in [3.63, 3.8) is 0 Å². The van der Waals surface area contributed by atoms with Crippen LogP contribution in [0.2, 0.25) is 5.02 Å². The van der Waals surface area contributed by atoms with Crippen molar-refractivity contribution in [3.8, 4) is 11.4 Å². The van der Waals surface area contributed by atoms with Gasteiger partial charge in [-0.3, -0.25) is 9.59 Å². The van der Waals surface area contributed by atoms with E-state index in [0.29, 0.717) is 27.9 Å². The van der Waals surface area contributed by atoms with E-state index in [0.717, 1.165) is 0 Å². The van der Waals surface area contributed by atoms with Gasteiger partial charge in [-0.05, 0) is 38.0 Å². The van der Waals surface area contributed by atoms with Crippen molar-refractivity contribution in [2.45, 2.75) is 58.1 Å². The van der Waals surface area contributed by atoms with Gasteiger partial charge in [-0.25, -0.2) is 14.2 Å². The molecule has 3 aromatic rings. The Morgan fingerprint density at radius 1 is 1.31 bits per heavy atom. The molecule has 36 heavy (non-hydrogen) atoms. The lowest BCUT2D eigenvalue weighted by molar-refractivity contribution is -0.172. The maximum atomic E-state index is 14.4. The smallest absolute Gasteiger partial charge is 0.343 e. The number of cyclic esters (lactones) is 1. The highest BCUT2D eigenvalue weighted by molar-refractivity contribution is 6.31. The van der Waals surface area contributed by atoms with Crippen LogP contribution in [-0.2, 0) is 33.1 Å². The number of fused-ring (bicyclic) bond motifs is 5. The van der Waals surface area contributed by atoms with E-state index in [1.807, 2.05) is 0 Å². The normalized spacial score (nSPS) is 19.8. The van der Waals surface area contributed by atoms with Crippen LogP contribution in [0.1, 0.15) is 55.5 Å². The highest BCUT2D eigenvalue weighted by Gasteiger charge is 2.45. The number of benzene rings is 1. The molecule has 2 aliphatic rings. The summed E-state index contributed by atoms with van der Waals surface area (Å²) in [5.74, 6) is -2.13. The zero-order chi connectivity index (χ0) is 26.1. The molecule has 0 radical (unpaired) electrons. The van der Waals surface area contributed by atoms with E-state index >= 15 is 0 Å². The van der Waals surface area contributed by atoms with Gasteiger partial charge in [0.15, 0.2) is 5.60 Å². The van der Waals surface area contributed by atoms with Gasteiger partial charge in [-0.1, -0.05) is 18.5 Å². The minimum atomic E-state index is -1.98. The maximum absolute atomic E-state index is 14.4. The minimum absolute atomic E-state index is 0.00287. The molecule has 0 unspecified atom stereocenters. The molecule has 3 N–H and O–H groups in total. The summed E-state index contributed by atoms with van der Waals surface area (Å²) < 4.78 is 21.0. The molecule has 11 heteroatoms. The van der Waals surface area contributed by atoms with Crippen molar-refractivity contribution in [3.05, 3.63) is 61.6 Å². The standard InChI is InChI=1S/C25H23ClFN3O6/c1-4-25(35)15-6-19-21-13(8-30(19)23(33)14(15)9-36-24(25)34)20(10(2)28-22(32)11(3)31)12-5-16(26)17(27)7-18(12)29-21/h5-7,10-11,31,35H,4,8-9H2,1-3H3,(H,28,32)/t10-,11-,25+/m1/s1. The van der Waals surface area contributed by atoms with Gasteiger partial charge in [0, 0.05) is 22.6 Å². The predicted octanol–water partition coefficient (Wildman–Crippen LogP) is 2.43. The molecule has 0 saturated heterocycles. The first-order chi connectivity index (χ1) is 17.0. The van der Waals surface area contributed by atoms with Crippen LogP contribution in [0.5, 0.6) is 0 Å². The van der Waals surface area contributed by atoms with Crippen LogP contribution in [0, 0.1) is 5.82 Å². The van der Waals surface area contributed by atoms with E-state index in [1.54, 1.807) is 19.9 Å². The van der Waals surface area contributed by atoms with Gasteiger partial charge in [0.1, 0.15) is 18.5 Å². The molecular formula is C25H23ClFN3O6. The Hall–Kier alpha value is -3.34. The third-order valence-electron chi connectivity index (χ3n) is 6.94. The number of pyridine rings is 2. The fraction of sp³-hybridized carbons (Fsp3) is 0.360. The average molecular weight is 516 g/mol. The fourth-order valence-corrected chi connectivity index (χ4v) is 5.17. The number of nitrogens with one attached hydrogen (secondary N) is 1. The van der Waals surface area contributed by atoms with E-state index in [9.17, 15) is 29.0 Å². The summed E-state index contributed by atoms with van der Waals surface area (Å²) in [4.78, 5) is 42.8. The summed E-state index contributed by atoms with van der Waals surface area (Å²) in [5, 5.41) is 23.8. The van der Waals surface area contributed by atoms with Crippen LogP contribution in [0.4, 0.5) is 4.39 Å². The number of halogens is 2. The Labute approximate surface area is 209 Å². The zero-order valence-corrected chi connectivity index (χ0v) is 20.4. The highest BCUT2D eigenvalue weighted by Crippen LogP contribution is 2.42. The molecule has 188 valence electrons. The lowest BCUT2D eigenvalue weighted by Crippen LogP contribution is -2.44. The van der Waals surface area contributed by atoms with Crippen molar-refractivity contribution < 1.29 is 28.9 Å². The third kappa shape index (κ3) is 3.43. The Morgan fingerprint density at radius 2 is 2.03 bits per heavy atom. The molecule has 5 rings (SSSR count). The molecular weight excluding hydrogens is 493 g/mol. The monoisotopic (exact) mass is 515 g/mol. The number of aliphatic hydroxyl groups excluding tert-OH is 1. The summed E-state index contributed by atoms with van der Waals surface area (Å²) in [6, 6.07) is 3.48. The number of amides is 1. The van der Waals surface area contributed by atoms with E-state index in [2.05, 4.69) is 10.3 Å². The van der Waals surface area contributed by atoms with Crippen LogP contribution in [0.15, 0.2) is 23.0 Å². The van der Waals surface area contributed by atoms with Crippen molar-refractivity contribution in [2.24, 2.45) is 0 Å². The van der Waals surface area contributed by atoms with E-state index in [4.69, 9.17) is 16.3 Å². The molecule has 0 bridgehead atoms. The third-order valence-corrected chi connectivity index (χ3v) is 7.23. The first-order valence-corrected chi connectivity index (χ1v) is 11.8. The van der Waals surface area contributed by atoms with Crippen molar-refractivity contribution in [1.29, 1.82) is 0 Å². The highest BCUT2D eigenvalue weighted by atomic mass is 35.5. The molecule has 2 aromatic heterocycles. The number of rotatable bonds is 4. The number of aromatic nitrogens is 2. The summed E-state index contributed by atoms with van der Waals surface area (Å²) >= 11 is 6.07. The second kappa shape index (κ2) is 8.36. The topological polar surface area (TPSA) is 131 Å². The number of hydrogen-bond acceptors (Lipinski definition) is 7. The van der Waals surface area contributed by atoms with Crippen molar-refractivity contribution in [2.75, 3.05) is 0 Å². The molecule has 9 nitrogen and oxygen atoms in total. The van der Waals surface area contributed by atoms with Crippen LogP contribution in [0.25, 0.3) is 22.3 Å². The Kier molecular flexibility index (Phi) is 5.66. The average Bonchev–Trinajstić information content (AvgIpc) is 3.19. The van der Waals surface area contributed by atoms with Gasteiger partial charge in [-0.2, -0.15) is 0 Å². The van der Waals surface area contributed by atoms with Crippen molar-refractivity contribution >= 4 is 34.4 Å². The largest absolute Gasteiger partial charge is 0.458 e. The van der Waals surface area contributed by atoms with Crippen LogP contribution in [0.3, 0.4) is 0 Å².